The van der Waals surface area contributed by atoms with Crippen LogP contribution in [0.1, 0.15) is 32.8 Å². The predicted octanol–water partition coefficient (Wildman–Crippen LogP) is 3.45. The molecule has 184 valence electrons. The molecule has 0 bridgehead atoms. The van der Waals surface area contributed by atoms with E-state index in [0.29, 0.717) is 49.8 Å². The Hall–Kier alpha value is -3.13. The smallest absolute Gasteiger partial charge is 0.231 e. The molecule has 0 saturated heterocycles. The summed E-state index contributed by atoms with van der Waals surface area (Å²) in [6.07, 6.45) is -0.378. The number of rotatable bonds is 7. The summed E-state index contributed by atoms with van der Waals surface area (Å²) in [6, 6.07) is 11.2. The molecule has 1 atom stereocenters. The van der Waals surface area contributed by atoms with Gasteiger partial charge in [0.25, 0.3) is 0 Å². The van der Waals surface area contributed by atoms with Crippen molar-refractivity contribution in [2.24, 2.45) is 5.41 Å². The van der Waals surface area contributed by atoms with Crippen LogP contribution < -0.4 is 23.8 Å². The summed E-state index contributed by atoms with van der Waals surface area (Å²) in [6.45, 7) is 8.67. The first kappa shape index (κ1) is 24.0. The van der Waals surface area contributed by atoms with E-state index in [0.717, 1.165) is 17.0 Å². The average Bonchev–Trinajstić information content (AvgIpc) is 3.25. The van der Waals surface area contributed by atoms with Crippen LogP contribution >= 0.6 is 0 Å². The lowest BCUT2D eigenvalue weighted by atomic mass is 9.95. The lowest BCUT2D eigenvalue weighted by Gasteiger charge is -2.36. The number of amides is 1. The molecular weight excluding hydrogens is 436 g/mol. The number of hydrogen-bond donors (Lipinski definition) is 1. The van der Waals surface area contributed by atoms with Crippen molar-refractivity contribution in [2.75, 3.05) is 45.0 Å². The summed E-state index contributed by atoms with van der Waals surface area (Å²) < 4.78 is 22.1. The number of aliphatic hydroxyl groups is 1. The van der Waals surface area contributed by atoms with Crippen LogP contribution in [0.2, 0.25) is 0 Å². The van der Waals surface area contributed by atoms with E-state index < -0.39 is 6.10 Å². The van der Waals surface area contributed by atoms with Crippen molar-refractivity contribution in [2.45, 2.75) is 39.8 Å². The number of carbonyl (C=O) groups excluding carboxylic acids is 1. The van der Waals surface area contributed by atoms with Crippen LogP contribution in [-0.4, -0.2) is 62.2 Å². The molecule has 0 spiro atoms. The molecule has 1 amide bonds. The Morgan fingerprint density at radius 1 is 1.06 bits per heavy atom. The van der Waals surface area contributed by atoms with E-state index in [1.807, 2.05) is 34.1 Å². The Morgan fingerprint density at radius 3 is 2.41 bits per heavy atom. The van der Waals surface area contributed by atoms with E-state index >= 15 is 0 Å². The Kier molecular flexibility index (Phi) is 7.07. The van der Waals surface area contributed by atoms with E-state index in [1.165, 1.54) is 0 Å². The van der Waals surface area contributed by atoms with Gasteiger partial charge in [-0.2, -0.15) is 0 Å². The fourth-order valence-corrected chi connectivity index (χ4v) is 4.28. The van der Waals surface area contributed by atoms with E-state index in [2.05, 4.69) is 20.8 Å². The third-order valence-electron chi connectivity index (χ3n) is 5.82. The highest BCUT2D eigenvalue weighted by atomic mass is 16.7. The van der Waals surface area contributed by atoms with Gasteiger partial charge in [-0.25, -0.2) is 0 Å². The van der Waals surface area contributed by atoms with Crippen molar-refractivity contribution in [3.63, 3.8) is 0 Å². The molecule has 4 rings (SSSR count). The van der Waals surface area contributed by atoms with Crippen LogP contribution in [0.25, 0.3) is 0 Å². The first-order chi connectivity index (χ1) is 16.2. The average molecular weight is 471 g/mol. The molecule has 0 aliphatic carbocycles. The molecule has 34 heavy (non-hydrogen) atoms. The number of hydrogen-bond acceptors (Lipinski definition) is 7. The lowest BCUT2D eigenvalue weighted by molar-refractivity contribution is -0.133. The van der Waals surface area contributed by atoms with Gasteiger partial charge in [0.1, 0.15) is 24.2 Å². The molecule has 8 heteroatoms. The molecule has 1 N–H and O–H groups in total. The van der Waals surface area contributed by atoms with Gasteiger partial charge in [-0.1, -0.05) is 20.8 Å². The largest absolute Gasteiger partial charge is 0.497 e. The summed E-state index contributed by atoms with van der Waals surface area (Å²) in [5.74, 6) is 2.87. The molecule has 2 heterocycles. The van der Waals surface area contributed by atoms with Gasteiger partial charge in [-0.3, -0.25) is 4.79 Å². The highest BCUT2D eigenvalue weighted by Gasteiger charge is 2.29. The SMILES string of the molecule is COc1ccc(OCC(O)CN2CCC(=O)N(CC(C)(C)C)Cc3cc4c(cc32)OCO4)cc1. The number of carbonyl (C=O) groups is 1. The molecule has 1 unspecified atom stereocenters. The van der Waals surface area contributed by atoms with Crippen molar-refractivity contribution >= 4 is 11.6 Å². The number of ether oxygens (including phenoxy) is 4. The Morgan fingerprint density at radius 2 is 1.74 bits per heavy atom. The van der Waals surface area contributed by atoms with Crippen LogP contribution in [0.3, 0.4) is 0 Å². The summed E-state index contributed by atoms with van der Waals surface area (Å²) in [5.41, 5.74) is 1.91. The molecule has 2 aliphatic rings. The van der Waals surface area contributed by atoms with Gasteiger partial charge in [0.2, 0.25) is 12.7 Å². The number of nitrogens with zero attached hydrogens (tertiary/aromatic N) is 2. The van der Waals surface area contributed by atoms with Gasteiger partial charge < -0.3 is 33.9 Å². The normalized spacial score (nSPS) is 16.6. The second-order valence-electron chi connectivity index (χ2n) is 9.98. The Balaban J connectivity index is 1.51. The maximum atomic E-state index is 13.0. The quantitative estimate of drug-likeness (QED) is 0.664. The number of fused-ring (bicyclic) bond motifs is 2. The van der Waals surface area contributed by atoms with Crippen molar-refractivity contribution in [3.05, 3.63) is 42.0 Å². The van der Waals surface area contributed by atoms with E-state index in [1.54, 1.807) is 19.2 Å². The number of anilines is 1. The van der Waals surface area contributed by atoms with E-state index in [-0.39, 0.29) is 24.7 Å². The minimum atomic E-state index is -0.749. The van der Waals surface area contributed by atoms with E-state index in [9.17, 15) is 9.90 Å². The minimum absolute atomic E-state index is 0.0139. The zero-order valence-electron chi connectivity index (χ0n) is 20.4. The van der Waals surface area contributed by atoms with Gasteiger partial charge in [-0.05, 0) is 41.3 Å². The highest BCUT2D eigenvalue weighted by molar-refractivity contribution is 5.78. The van der Waals surface area contributed by atoms with Crippen molar-refractivity contribution in [1.82, 2.24) is 4.90 Å². The molecule has 8 nitrogen and oxygen atoms in total. The fraction of sp³-hybridized carbons (Fsp3) is 0.500. The molecular formula is C26H34N2O6. The number of methoxy groups -OCH3 is 1. The van der Waals surface area contributed by atoms with Crippen molar-refractivity contribution in [1.29, 1.82) is 0 Å². The summed E-state index contributed by atoms with van der Waals surface area (Å²) in [7, 11) is 1.61. The maximum absolute atomic E-state index is 13.0. The minimum Gasteiger partial charge on any atom is -0.497 e. The fourth-order valence-electron chi connectivity index (χ4n) is 4.28. The second kappa shape index (κ2) is 10.0. The number of aliphatic hydroxyl groups excluding tert-OH is 1. The van der Waals surface area contributed by atoms with Gasteiger partial charge in [0.05, 0.1) is 7.11 Å². The Bertz CT molecular complexity index is 1000. The molecule has 0 radical (unpaired) electrons. The van der Waals surface area contributed by atoms with Gasteiger partial charge >= 0.3 is 0 Å². The monoisotopic (exact) mass is 470 g/mol. The number of β-amino-alcohol motifs (C(OH)–C–C–N with tert-alkyl or cyclic N) is 1. The standard InChI is InChI=1S/C26H34N2O6/c1-26(2,3)16-28-13-18-11-23-24(34-17-33-23)12-22(18)27(10-9-25(28)30)14-19(29)15-32-21-7-5-20(31-4)6-8-21/h5-8,11-12,19,29H,9-10,13-17H2,1-4H3. The van der Waals surface area contributed by atoms with Crippen molar-refractivity contribution in [3.8, 4) is 23.0 Å². The van der Waals surface area contributed by atoms with E-state index in [4.69, 9.17) is 18.9 Å². The summed E-state index contributed by atoms with van der Waals surface area (Å²) >= 11 is 0. The molecule has 2 aromatic rings. The topological polar surface area (TPSA) is 80.7 Å². The van der Waals surface area contributed by atoms with Crippen LogP contribution in [-0.2, 0) is 11.3 Å². The molecule has 0 saturated carbocycles. The predicted molar refractivity (Wildman–Crippen MR) is 129 cm³/mol. The summed E-state index contributed by atoms with van der Waals surface area (Å²) in [4.78, 5) is 17.0. The van der Waals surface area contributed by atoms with Crippen LogP contribution in [0, 0.1) is 5.41 Å². The lowest BCUT2D eigenvalue weighted by Crippen LogP contribution is -2.43. The third kappa shape index (κ3) is 5.86. The molecule has 0 fully saturated rings. The van der Waals surface area contributed by atoms with Crippen LogP contribution in [0.5, 0.6) is 23.0 Å². The molecule has 2 aliphatic heterocycles. The van der Waals surface area contributed by atoms with Crippen LogP contribution in [0.4, 0.5) is 5.69 Å². The Labute approximate surface area is 201 Å². The third-order valence-corrected chi connectivity index (χ3v) is 5.82. The first-order valence-electron chi connectivity index (χ1n) is 11.6. The zero-order valence-corrected chi connectivity index (χ0v) is 20.4. The van der Waals surface area contributed by atoms with Gasteiger partial charge in [0.15, 0.2) is 11.5 Å². The maximum Gasteiger partial charge on any atom is 0.231 e. The number of benzene rings is 2. The van der Waals surface area contributed by atoms with Crippen LogP contribution in [0.15, 0.2) is 36.4 Å². The zero-order chi connectivity index (χ0) is 24.3. The van der Waals surface area contributed by atoms with Gasteiger partial charge in [-0.15, -0.1) is 0 Å². The molecule has 0 aromatic heterocycles. The first-order valence-corrected chi connectivity index (χ1v) is 11.6. The highest BCUT2D eigenvalue weighted by Crippen LogP contribution is 2.40. The summed E-state index contributed by atoms with van der Waals surface area (Å²) in [5, 5.41) is 10.8. The van der Waals surface area contributed by atoms with Crippen molar-refractivity contribution < 1.29 is 28.8 Å². The van der Waals surface area contributed by atoms with Gasteiger partial charge in [0, 0.05) is 44.4 Å². The molecule has 2 aromatic carbocycles. The second-order valence-corrected chi connectivity index (χ2v) is 9.98.